The summed E-state index contributed by atoms with van der Waals surface area (Å²) >= 11 is 0. The minimum Gasteiger partial charge on any atom is -0.499 e. The highest BCUT2D eigenvalue weighted by Gasteiger charge is 2.21. The van der Waals surface area contributed by atoms with Crippen molar-refractivity contribution in [3.63, 3.8) is 0 Å². The van der Waals surface area contributed by atoms with Crippen LogP contribution in [0.2, 0.25) is 0 Å². The lowest BCUT2D eigenvalue weighted by Gasteiger charge is -2.16. The number of benzene rings is 1. The summed E-state index contributed by atoms with van der Waals surface area (Å²) in [5.74, 6) is 1.53. The maximum Gasteiger partial charge on any atom is 0.250 e. The van der Waals surface area contributed by atoms with E-state index in [0.717, 1.165) is 11.3 Å². The number of carbonyl (C=O) groups is 1. The van der Waals surface area contributed by atoms with E-state index < -0.39 is 0 Å². The fraction of sp³-hybridized carbons (Fsp3) is 0.308. The molecule has 0 radical (unpaired) electrons. The van der Waals surface area contributed by atoms with Crippen LogP contribution in [0.15, 0.2) is 36.1 Å². The number of ether oxygens (including phenoxy) is 2. The van der Waals surface area contributed by atoms with Crippen molar-refractivity contribution in [2.24, 2.45) is 0 Å². The fourth-order valence-electron chi connectivity index (χ4n) is 1.75. The topological polar surface area (TPSA) is 38.8 Å². The van der Waals surface area contributed by atoms with Gasteiger partial charge in [0.1, 0.15) is 11.5 Å². The number of carbonyl (C=O) groups excluding carboxylic acids is 1. The molecule has 0 bridgehead atoms. The van der Waals surface area contributed by atoms with Gasteiger partial charge in [-0.05, 0) is 17.7 Å². The third-order valence-corrected chi connectivity index (χ3v) is 2.74. The van der Waals surface area contributed by atoms with Crippen LogP contribution in [0.5, 0.6) is 5.75 Å². The molecule has 0 aromatic heterocycles. The summed E-state index contributed by atoms with van der Waals surface area (Å²) in [4.78, 5) is 13.4. The molecule has 4 nitrogen and oxygen atoms in total. The highest BCUT2D eigenvalue weighted by Crippen LogP contribution is 2.17. The van der Waals surface area contributed by atoms with Gasteiger partial charge in [-0.1, -0.05) is 12.1 Å². The van der Waals surface area contributed by atoms with Crippen molar-refractivity contribution in [2.75, 3.05) is 20.8 Å². The first-order chi connectivity index (χ1) is 8.22. The average Bonchev–Trinajstić information content (AvgIpc) is 2.71. The van der Waals surface area contributed by atoms with E-state index >= 15 is 0 Å². The van der Waals surface area contributed by atoms with Crippen LogP contribution in [0.25, 0.3) is 0 Å². The minimum absolute atomic E-state index is 0.00216. The maximum absolute atomic E-state index is 11.6. The van der Waals surface area contributed by atoms with E-state index in [4.69, 9.17) is 9.47 Å². The van der Waals surface area contributed by atoms with Crippen LogP contribution >= 0.6 is 0 Å². The van der Waals surface area contributed by atoms with Gasteiger partial charge in [-0.15, -0.1) is 0 Å². The maximum atomic E-state index is 11.6. The lowest BCUT2D eigenvalue weighted by atomic mass is 10.2. The quantitative estimate of drug-likeness (QED) is 0.792. The second kappa shape index (κ2) is 4.91. The molecule has 0 N–H and O–H groups in total. The summed E-state index contributed by atoms with van der Waals surface area (Å²) in [5.41, 5.74) is 1.07. The number of nitrogens with zero attached hydrogens (tertiary/aromatic N) is 1. The zero-order chi connectivity index (χ0) is 12.3. The van der Waals surface area contributed by atoms with E-state index in [0.29, 0.717) is 18.8 Å². The zero-order valence-corrected chi connectivity index (χ0v) is 9.97. The molecule has 1 aliphatic heterocycles. The Hall–Kier alpha value is -1.97. The number of rotatable bonds is 4. The van der Waals surface area contributed by atoms with Crippen molar-refractivity contribution in [1.82, 2.24) is 4.90 Å². The van der Waals surface area contributed by atoms with Crippen molar-refractivity contribution in [3.05, 3.63) is 41.7 Å². The number of hydrogen-bond donors (Lipinski definition) is 0. The van der Waals surface area contributed by atoms with E-state index in [1.54, 1.807) is 19.1 Å². The van der Waals surface area contributed by atoms with Gasteiger partial charge in [-0.3, -0.25) is 4.79 Å². The molecule has 17 heavy (non-hydrogen) atoms. The Morgan fingerprint density at radius 2 is 1.88 bits per heavy atom. The second-order valence-electron chi connectivity index (χ2n) is 3.86. The molecule has 4 heteroatoms. The minimum atomic E-state index is -0.00216. The normalized spacial score (nSPS) is 14.8. The highest BCUT2D eigenvalue weighted by atomic mass is 16.5. The summed E-state index contributed by atoms with van der Waals surface area (Å²) in [5, 5.41) is 0. The monoisotopic (exact) mass is 233 g/mol. The summed E-state index contributed by atoms with van der Waals surface area (Å²) in [6, 6.07) is 7.69. The van der Waals surface area contributed by atoms with Crippen molar-refractivity contribution >= 4 is 5.91 Å². The van der Waals surface area contributed by atoms with Gasteiger partial charge >= 0.3 is 0 Å². The lowest BCUT2D eigenvalue weighted by Crippen LogP contribution is -2.25. The zero-order valence-electron chi connectivity index (χ0n) is 9.97. The first-order valence-corrected chi connectivity index (χ1v) is 5.39. The molecule has 0 fully saturated rings. The molecular weight excluding hydrogens is 218 g/mol. The molecule has 0 atom stereocenters. The SMILES string of the molecule is COC1=CC(=O)N(Cc2ccc(OC)cc2)C1. The van der Waals surface area contributed by atoms with Crippen LogP contribution in [0.4, 0.5) is 0 Å². The van der Waals surface area contributed by atoms with E-state index in [1.165, 1.54) is 6.08 Å². The first-order valence-electron chi connectivity index (χ1n) is 5.39. The predicted octanol–water partition coefficient (Wildman–Crippen LogP) is 1.57. The second-order valence-corrected chi connectivity index (χ2v) is 3.86. The fourth-order valence-corrected chi connectivity index (χ4v) is 1.75. The van der Waals surface area contributed by atoms with Crippen molar-refractivity contribution in [3.8, 4) is 5.75 Å². The molecule has 0 saturated heterocycles. The molecule has 1 aromatic rings. The van der Waals surface area contributed by atoms with Crippen LogP contribution in [-0.2, 0) is 16.1 Å². The summed E-state index contributed by atoms with van der Waals surface area (Å²) < 4.78 is 10.1. The first kappa shape index (κ1) is 11.5. The standard InChI is InChI=1S/C13H15NO3/c1-16-11-5-3-10(4-6-11)8-14-9-12(17-2)7-13(14)15/h3-7H,8-9H2,1-2H3. The molecule has 0 unspecified atom stereocenters. The van der Waals surface area contributed by atoms with Crippen molar-refractivity contribution < 1.29 is 14.3 Å². The Bertz CT molecular complexity index is 436. The van der Waals surface area contributed by atoms with Crippen molar-refractivity contribution in [2.45, 2.75) is 6.54 Å². The van der Waals surface area contributed by atoms with Crippen LogP contribution in [0.3, 0.4) is 0 Å². The Balaban J connectivity index is 2.00. The number of amides is 1. The van der Waals surface area contributed by atoms with Gasteiger partial charge in [0.05, 0.1) is 20.8 Å². The molecule has 1 amide bonds. The smallest absolute Gasteiger partial charge is 0.250 e. The van der Waals surface area contributed by atoms with E-state index in [2.05, 4.69) is 0 Å². The van der Waals surface area contributed by atoms with E-state index in [-0.39, 0.29) is 5.91 Å². The third-order valence-electron chi connectivity index (χ3n) is 2.74. The van der Waals surface area contributed by atoms with Gasteiger partial charge < -0.3 is 14.4 Å². The van der Waals surface area contributed by atoms with Crippen LogP contribution in [0, 0.1) is 0 Å². The van der Waals surface area contributed by atoms with Crippen LogP contribution in [0.1, 0.15) is 5.56 Å². The van der Waals surface area contributed by atoms with E-state index in [1.807, 2.05) is 24.3 Å². The molecule has 0 saturated carbocycles. The van der Waals surface area contributed by atoms with Gasteiger partial charge in [0.15, 0.2) is 0 Å². The Labute approximate surface area is 100 Å². The highest BCUT2D eigenvalue weighted by molar-refractivity contribution is 5.90. The Morgan fingerprint density at radius 1 is 1.18 bits per heavy atom. The van der Waals surface area contributed by atoms with Gasteiger partial charge in [-0.2, -0.15) is 0 Å². The predicted molar refractivity (Wildman–Crippen MR) is 63.5 cm³/mol. The van der Waals surface area contributed by atoms with Crippen LogP contribution < -0.4 is 4.74 Å². The number of methoxy groups -OCH3 is 2. The molecule has 90 valence electrons. The van der Waals surface area contributed by atoms with Gasteiger partial charge in [0.25, 0.3) is 5.91 Å². The molecule has 1 heterocycles. The summed E-state index contributed by atoms with van der Waals surface area (Å²) in [6.07, 6.45) is 1.53. The average molecular weight is 233 g/mol. The van der Waals surface area contributed by atoms with Crippen LogP contribution in [-0.4, -0.2) is 31.6 Å². The molecule has 0 aliphatic carbocycles. The Kier molecular flexibility index (Phi) is 3.32. The molecule has 1 aromatic carbocycles. The summed E-state index contributed by atoms with van der Waals surface area (Å²) in [7, 11) is 3.21. The molecule has 0 spiro atoms. The lowest BCUT2D eigenvalue weighted by molar-refractivity contribution is -0.125. The van der Waals surface area contributed by atoms with E-state index in [9.17, 15) is 4.79 Å². The third kappa shape index (κ3) is 2.58. The molecule has 2 rings (SSSR count). The summed E-state index contributed by atoms with van der Waals surface area (Å²) in [6.45, 7) is 1.13. The Morgan fingerprint density at radius 3 is 2.41 bits per heavy atom. The van der Waals surface area contributed by atoms with Crippen molar-refractivity contribution in [1.29, 1.82) is 0 Å². The molecular formula is C13H15NO3. The molecule has 1 aliphatic rings. The largest absolute Gasteiger partial charge is 0.499 e. The number of hydrogen-bond acceptors (Lipinski definition) is 3. The van der Waals surface area contributed by atoms with Gasteiger partial charge in [0, 0.05) is 12.6 Å². The van der Waals surface area contributed by atoms with Gasteiger partial charge in [-0.25, -0.2) is 0 Å². The van der Waals surface area contributed by atoms with Gasteiger partial charge in [0.2, 0.25) is 0 Å².